The number of morpholine rings is 1. The van der Waals surface area contributed by atoms with E-state index in [-0.39, 0.29) is 24.1 Å². The van der Waals surface area contributed by atoms with Gasteiger partial charge in [0.1, 0.15) is 17.5 Å². The number of hydrogen-bond donors (Lipinski definition) is 0. The number of benzene rings is 1. The first-order chi connectivity index (χ1) is 13.0. The molecule has 0 N–H and O–H groups in total. The van der Waals surface area contributed by atoms with Gasteiger partial charge in [-0.15, -0.1) is 11.3 Å². The molecule has 1 saturated heterocycles. The number of aryl methyl sites for hydroxylation is 2. The van der Waals surface area contributed by atoms with Crippen molar-refractivity contribution in [3.05, 3.63) is 63.0 Å². The summed E-state index contributed by atoms with van der Waals surface area (Å²) in [6.07, 6.45) is 1.34. The summed E-state index contributed by atoms with van der Waals surface area (Å²) in [6.45, 7) is 5.41. The van der Waals surface area contributed by atoms with Gasteiger partial charge in [-0.2, -0.15) is 0 Å². The van der Waals surface area contributed by atoms with Gasteiger partial charge < -0.3 is 9.64 Å². The number of ether oxygens (including phenoxy) is 1. The fourth-order valence-electron chi connectivity index (χ4n) is 3.37. The maximum absolute atomic E-state index is 12.8. The van der Waals surface area contributed by atoms with Crippen molar-refractivity contribution >= 4 is 27.5 Å². The van der Waals surface area contributed by atoms with Crippen LogP contribution in [0, 0.1) is 13.8 Å². The van der Waals surface area contributed by atoms with E-state index in [1.54, 1.807) is 4.90 Å². The summed E-state index contributed by atoms with van der Waals surface area (Å²) in [5, 5.41) is 0.622. The van der Waals surface area contributed by atoms with Gasteiger partial charge >= 0.3 is 0 Å². The number of carbonyl (C=O) groups is 1. The lowest BCUT2D eigenvalue weighted by Gasteiger charge is -2.33. The van der Waals surface area contributed by atoms with Crippen LogP contribution in [0.4, 0.5) is 0 Å². The predicted molar refractivity (Wildman–Crippen MR) is 105 cm³/mol. The van der Waals surface area contributed by atoms with E-state index in [0.29, 0.717) is 25.1 Å². The molecule has 1 fully saturated rings. The van der Waals surface area contributed by atoms with Crippen molar-refractivity contribution in [3.8, 4) is 0 Å². The standard InChI is InChI=1S/C20H21N3O3S/c1-13-14(2)27-19-18(13)20(25)23(12-21-19)11-17(24)22-8-9-26-16(10-22)15-6-4-3-5-7-15/h3-7,12,16H,8-11H2,1-2H3/t16-/m1/s1. The Kier molecular flexibility index (Phi) is 4.80. The van der Waals surface area contributed by atoms with Crippen LogP contribution in [0.3, 0.4) is 0 Å². The Hall–Kier alpha value is -2.51. The second kappa shape index (κ2) is 7.25. The van der Waals surface area contributed by atoms with Crippen LogP contribution in [0.2, 0.25) is 0 Å². The van der Waals surface area contributed by atoms with E-state index in [1.165, 1.54) is 22.2 Å². The molecule has 1 aromatic carbocycles. The lowest BCUT2D eigenvalue weighted by Crippen LogP contribution is -2.44. The Bertz CT molecular complexity index is 1040. The number of rotatable bonds is 3. The lowest BCUT2D eigenvalue weighted by molar-refractivity contribution is -0.139. The average Bonchev–Trinajstić information content (AvgIpc) is 2.99. The molecule has 3 aromatic rings. The van der Waals surface area contributed by atoms with Gasteiger partial charge in [0.2, 0.25) is 5.91 Å². The normalized spacial score (nSPS) is 17.4. The van der Waals surface area contributed by atoms with Crippen LogP contribution in [-0.4, -0.2) is 40.1 Å². The highest BCUT2D eigenvalue weighted by Gasteiger charge is 2.26. The average molecular weight is 383 g/mol. The molecule has 0 spiro atoms. The summed E-state index contributed by atoms with van der Waals surface area (Å²) in [7, 11) is 0. The van der Waals surface area contributed by atoms with Crippen LogP contribution in [0.1, 0.15) is 22.1 Å². The Balaban J connectivity index is 1.54. The van der Waals surface area contributed by atoms with E-state index in [1.807, 2.05) is 44.2 Å². The molecule has 0 unspecified atom stereocenters. The van der Waals surface area contributed by atoms with Crippen molar-refractivity contribution in [2.75, 3.05) is 19.7 Å². The highest BCUT2D eigenvalue weighted by molar-refractivity contribution is 7.18. The molecule has 6 nitrogen and oxygen atoms in total. The molecule has 27 heavy (non-hydrogen) atoms. The summed E-state index contributed by atoms with van der Waals surface area (Å²) < 4.78 is 7.23. The zero-order valence-corrected chi connectivity index (χ0v) is 16.2. The number of carbonyl (C=O) groups excluding carboxylic acids is 1. The minimum Gasteiger partial charge on any atom is -0.370 e. The smallest absolute Gasteiger partial charge is 0.262 e. The Labute approximate surface area is 161 Å². The Morgan fingerprint density at radius 1 is 1.30 bits per heavy atom. The molecule has 1 atom stereocenters. The van der Waals surface area contributed by atoms with Gasteiger partial charge in [0.05, 0.1) is 24.9 Å². The third-order valence-corrected chi connectivity index (χ3v) is 6.17. The summed E-state index contributed by atoms with van der Waals surface area (Å²) in [5.74, 6) is -0.0907. The van der Waals surface area contributed by atoms with E-state index in [4.69, 9.17) is 4.74 Å². The van der Waals surface area contributed by atoms with Crippen LogP contribution < -0.4 is 5.56 Å². The maximum atomic E-state index is 12.8. The number of amides is 1. The van der Waals surface area contributed by atoms with Gasteiger partial charge in [-0.3, -0.25) is 14.2 Å². The third-order valence-electron chi connectivity index (χ3n) is 5.05. The van der Waals surface area contributed by atoms with Gasteiger partial charge in [-0.1, -0.05) is 30.3 Å². The lowest BCUT2D eigenvalue weighted by atomic mass is 10.1. The zero-order chi connectivity index (χ0) is 19.0. The first-order valence-electron chi connectivity index (χ1n) is 8.94. The number of fused-ring (bicyclic) bond motifs is 1. The molecule has 140 valence electrons. The second-order valence-electron chi connectivity index (χ2n) is 6.75. The summed E-state index contributed by atoms with van der Waals surface area (Å²) in [6, 6.07) is 9.89. The SMILES string of the molecule is Cc1sc2ncn(CC(=O)N3CCO[C@@H](c4ccccc4)C3)c(=O)c2c1C. The van der Waals surface area contributed by atoms with E-state index in [9.17, 15) is 9.59 Å². The predicted octanol–water partition coefficient (Wildman–Crippen LogP) is 2.67. The molecule has 3 heterocycles. The number of thiophene rings is 1. The highest BCUT2D eigenvalue weighted by atomic mass is 32.1. The molecule has 4 rings (SSSR count). The monoisotopic (exact) mass is 383 g/mol. The van der Waals surface area contributed by atoms with Crippen LogP contribution >= 0.6 is 11.3 Å². The number of hydrogen-bond acceptors (Lipinski definition) is 5. The summed E-state index contributed by atoms with van der Waals surface area (Å²) in [5.41, 5.74) is 1.85. The molecule has 0 bridgehead atoms. The third kappa shape index (κ3) is 3.40. The second-order valence-corrected chi connectivity index (χ2v) is 7.95. The van der Waals surface area contributed by atoms with Crippen molar-refractivity contribution in [1.29, 1.82) is 0 Å². The molecule has 7 heteroatoms. The Morgan fingerprint density at radius 2 is 2.07 bits per heavy atom. The number of aromatic nitrogens is 2. The molecule has 2 aromatic heterocycles. The van der Waals surface area contributed by atoms with Crippen molar-refractivity contribution < 1.29 is 9.53 Å². The topological polar surface area (TPSA) is 64.4 Å². The van der Waals surface area contributed by atoms with Crippen molar-refractivity contribution in [2.45, 2.75) is 26.5 Å². The summed E-state index contributed by atoms with van der Waals surface area (Å²) >= 11 is 1.51. The van der Waals surface area contributed by atoms with Gasteiger partial charge in [0.15, 0.2) is 0 Å². The summed E-state index contributed by atoms with van der Waals surface area (Å²) in [4.78, 5) is 33.6. The molecular formula is C20H21N3O3S. The van der Waals surface area contributed by atoms with Crippen LogP contribution in [0.15, 0.2) is 41.5 Å². The quantitative estimate of drug-likeness (QED) is 0.698. The van der Waals surface area contributed by atoms with Gasteiger partial charge in [0, 0.05) is 11.4 Å². The zero-order valence-electron chi connectivity index (χ0n) is 15.3. The van der Waals surface area contributed by atoms with Gasteiger partial charge in [-0.25, -0.2) is 4.98 Å². The molecule has 1 amide bonds. The molecule has 0 radical (unpaired) electrons. The first kappa shape index (κ1) is 17.9. The molecular weight excluding hydrogens is 362 g/mol. The van der Waals surface area contributed by atoms with E-state index < -0.39 is 0 Å². The molecule has 1 aliphatic rings. The number of nitrogens with zero attached hydrogens (tertiary/aromatic N) is 3. The van der Waals surface area contributed by atoms with Crippen LogP contribution in [0.25, 0.3) is 10.2 Å². The van der Waals surface area contributed by atoms with Crippen LogP contribution in [0.5, 0.6) is 0 Å². The van der Waals surface area contributed by atoms with E-state index >= 15 is 0 Å². The minimum absolute atomic E-state index is 0.00236. The van der Waals surface area contributed by atoms with E-state index in [2.05, 4.69) is 4.98 Å². The Morgan fingerprint density at radius 3 is 2.85 bits per heavy atom. The largest absolute Gasteiger partial charge is 0.370 e. The fourth-order valence-corrected chi connectivity index (χ4v) is 4.36. The van der Waals surface area contributed by atoms with E-state index in [0.717, 1.165) is 20.8 Å². The van der Waals surface area contributed by atoms with Gasteiger partial charge in [-0.05, 0) is 25.0 Å². The van der Waals surface area contributed by atoms with Crippen molar-refractivity contribution in [2.24, 2.45) is 0 Å². The van der Waals surface area contributed by atoms with Crippen LogP contribution in [-0.2, 0) is 16.1 Å². The van der Waals surface area contributed by atoms with Gasteiger partial charge in [0.25, 0.3) is 5.56 Å². The minimum atomic E-state index is -0.150. The molecule has 0 aliphatic carbocycles. The van der Waals surface area contributed by atoms with Crippen molar-refractivity contribution in [1.82, 2.24) is 14.5 Å². The molecule has 0 saturated carbocycles. The maximum Gasteiger partial charge on any atom is 0.262 e. The first-order valence-corrected chi connectivity index (χ1v) is 9.75. The van der Waals surface area contributed by atoms with Crippen molar-refractivity contribution in [3.63, 3.8) is 0 Å². The molecule has 1 aliphatic heterocycles. The fraction of sp³-hybridized carbons (Fsp3) is 0.350. The highest BCUT2D eigenvalue weighted by Crippen LogP contribution is 2.25.